The standard InChI is InChI=1S/C63H122O6/c1-7-59(6)51-45-39-33-27-23-24-29-35-41-47-53-62(65)68-56-60(69-63(66)54-48-42-36-30-22-18-14-16-20-26-32-38-44-50-58(4)5)55-67-61(64)52-46-40-34-28-21-17-13-11-9-8-10-12-15-19-25-31-37-43-49-57(2)3/h57-60H,7-56H2,1-6H3/t59?,60-/m0/s1. The molecule has 0 radical (unpaired) electrons. The molecule has 410 valence electrons. The molecule has 0 saturated carbocycles. The third-order valence-corrected chi connectivity index (χ3v) is 14.8. The van der Waals surface area contributed by atoms with E-state index >= 15 is 0 Å². The van der Waals surface area contributed by atoms with Gasteiger partial charge in [-0.2, -0.15) is 0 Å². The predicted molar refractivity (Wildman–Crippen MR) is 298 cm³/mol. The van der Waals surface area contributed by atoms with Crippen LogP contribution in [0.15, 0.2) is 0 Å². The van der Waals surface area contributed by atoms with Gasteiger partial charge in [0.05, 0.1) is 0 Å². The first-order valence-corrected chi connectivity index (χ1v) is 31.1. The maximum atomic E-state index is 12.9. The molecular weight excluding hydrogens is 853 g/mol. The Balaban J connectivity index is 4.27. The van der Waals surface area contributed by atoms with E-state index in [1.807, 2.05) is 0 Å². The minimum atomic E-state index is -0.764. The topological polar surface area (TPSA) is 78.9 Å². The first-order chi connectivity index (χ1) is 33.6. The van der Waals surface area contributed by atoms with Crippen molar-refractivity contribution in [2.75, 3.05) is 13.2 Å². The molecule has 0 aliphatic rings. The van der Waals surface area contributed by atoms with Crippen LogP contribution in [0.2, 0.25) is 0 Å². The van der Waals surface area contributed by atoms with E-state index in [1.165, 1.54) is 231 Å². The van der Waals surface area contributed by atoms with Crippen molar-refractivity contribution in [1.82, 2.24) is 0 Å². The number of unbranched alkanes of at least 4 members (excludes halogenated alkanes) is 38. The Morgan fingerprint density at radius 1 is 0.290 bits per heavy atom. The lowest BCUT2D eigenvalue weighted by atomic mass is 9.99. The predicted octanol–water partition coefficient (Wildman–Crippen LogP) is 20.7. The zero-order valence-electron chi connectivity index (χ0n) is 47.6. The van der Waals surface area contributed by atoms with Crippen molar-refractivity contribution in [2.24, 2.45) is 17.8 Å². The summed E-state index contributed by atoms with van der Waals surface area (Å²) in [6, 6.07) is 0. The second kappa shape index (κ2) is 54.2. The summed E-state index contributed by atoms with van der Waals surface area (Å²) in [6.45, 7) is 13.8. The van der Waals surface area contributed by atoms with Crippen molar-refractivity contribution in [2.45, 2.75) is 356 Å². The lowest BCUT2D eigenvalue weighted by molar-refractivity contribution is -0.167. The Kier molecular flexibility index (Phi) is 52.9. The highest BCUT2D eigenvalue weighted by Crippen LogP contribution is 2.19. The molecule has 0 amide bonds. The van der Waals surface area contributed by atoms with E-state index in [9.17, 15) is 14.4 Å². The van der Waals surface area contributed by atoms with Crippen LogP contribution in [0.5, 0.6) is 0 Å². The summed E-state index contributed by atoms with van der Waals surface area (Å²) in [4.78, 5) is 38.3. The Hall–Kier alpha value is -1.59. The molecule has 0 rings (SSSR count). The van der Waals surface area contributed by atoms with Gasteiger partial charge in [-0.1, -0.05) is 311 Å². The molecule has 0 spiro atoms. The van der Waals surface area contributed by atoms with Crippen LogP contribution >= 0.6 is 0 Å². The summed E-state index contributed by atoms with van der Waals surface area (Å²) in [6.07, 6.45) is 58.1. The SMILES string of the molecule is CCC(C)CCCCCCCCCCCCC(=O)OC[C@H](COC(=O)CCCCCCCCCCCCCCCCCCCCC(C)C)OC(=O)CCCCCCCCCCCCCCCC(C)C. The largest absolute Gasteiger partial charge is 0.462 e. The van der Waals surface area contributed by atoms with E-state index in [2.05, 4.69) is 41.5 Å². The van der Waals surface area contributed by atoms with E-state index in [4.69, 9.17) is 14.2 Å². The second-order valence-corrected chi connectivity index (χ2v) is 22.9. The molecule has 0 N–H and O–H groups in total. The molecule has 0 heterocycles. The fraction of sp³-hybridized carbons (Fsp3) is 0.952. The summed E-state index contributed by atoms with van der Waals surface area (Å²) in [5.74, 6) is 1.73. The van der Waals surface area contributed by atoms with Crippen LogP contribution in [0.4, 0.5) is 0 Å². The van der Waals surface area contributed by atoms with E-state index < -0.39 is 6.10 Å². The van der Waals surface area contributed by atoms with E-state index in [1.54, 1.807) is 0 Å². The molecule has 0 fully saturated rings. The van der Waals surface area contributed by atoms with E-state index in [0.717, 1.165) is 75.5 Å². The van der Waals surface area contributed by atoms with E-state index in [0.29, 0.717) is 19.3 Å². The minimum Gasteiger partial charge on any atom is -0.462 e. The molecule has 0 bridgehead atoms. The lowest BCUT2D eigenvalue weighted by Gasteiger charge is -2.18. The van der Waals surface area contributed by atoms with Crippen molar-refractivity contribution >= 4 is 17.9 Å². The number of carbonyl (C=O) groups excluding carboxylic acids is 3. The third kappa shape index (κ3) is 55.6. The van der Waals surface area contributed by atoms with Gasteiger partial charge in [-0.05, 0) is 37.0 Å². The van der Waals surface area contributed by atoms with Crippen molar-refractivity contribution < 1.29 is 28.6 Å². The van der Waals surface area contributed by atoms with Crippen LogP contribution < -0.4 is 0 Å². The number of hydrogen-bond acceptors (Lipinski definition) is 6. The third-order valence-electron chi connectivity index (χ3n) is 14.8. The van der Waals surface area contributed by atoms with Gasteiger partial charge < -0.3 is 14.2 Å². The van der Waals surface area contributed by atoms with Gasteiger partial charge in [0.1, 0.15) is 13.2 Å². The summed E-state index contributed by atoms with van der Waals surface area (Å²) in [5, 5.41) is 0. The number of esters is 3. The molecule has 0 aromatic heterocycles. The molecule has 0 aliphatic heterocycles. The van der Waals surface area contributed by atoms with Gasteiger partial charge in [-0.15, -0.1) is 0 Å². The van der Waals surface area contributed by atoms with Crippen LogP contribution in [0.1, 0.15) is 350 Å². The average molecular weight is 976 g/mol. The monoisotopic (exact) mass is 975 g/mol. The maximum Gasteiger partial charge on any atom is 0.306 e. The number of carbonyl (C=O) groups is 3. The molecule has 6 heteroatoms. The maximum absolute atomic E-state index is 12.9. The quantitative estimate of drug-likeness (QED) is 0.0343. The van der Waals surface area contributed by atoms with Crippen molar-refractivity contribution in [1.29, 1.82) is 0 Å². The van der Waals surface area contributed by atoms with Crippen LogP contribution in [-0.4, -0.2) is 37.2 Å². The highest BCUT2D eigenvalue weighted by atomic mass is 16.6. The minimum absolute atomic E-state index is 0.0630. The number of ether oxygens (including phenoxy) is 3. The molecule has 1 unspecified atom stereocenters. The molecule has 0 aliphatic carbocycles. The Morgan fingerprint density at radius 3 is 0.754 bits per heavy atom. The first kappa shape index (κ1) is 67.4. The zero-order valence-corrected chi connectivity index (χ0v) is 47.6. The van der Waals surface area contributed by atoms with Crippen LogP contribution in [-0.2, 0) is 28.6 Å². The normalized spacial score (nSPS) is 12.5. The second-order valence-electron chi connectivity index (χ2n) is 22.9. The first-order valence-electron chi connectivity index (χ1n) is 31.1. The number of hydrogen-bond donors (Lipinski definition) is 0. The fourth-order valence-electron chi connectivity index (χ4n) is 9.67. The van der Waals surface area contributed by atoms with Crippen LogP contribution in [0, 0.1) is 17.8 Å². The van der Waals surface area contributed by atoms with Crippen LogP contribution in [0.3, 0.4) is 0 Å². The van der Waals surface area contributed by atoms with Gasteiger partial charge in [0.25, 0.3) is 0 Å². The van der Waals surface area contributed by atoms with E-state index in [-0.39, 0.29) is 31.1 Å². The summed E-state index contributed by atoms with van der Waals surface area (Å²) < 4.78 is 16.9. The van der Waals surface area contributed by atoms with Crippen molar-refractivity contribution in [3.05, 3.63) is 0 Å². The van der Waals surface area contributed by atoms with Gasteiger partial charge >= 0.3 is 17.9 Å². The van der Waals surface area contributed by atoms with Crippen molar-refractivity contribution in [3.63, 3.8) is 0 Å². The highest BCUT2D eigenvalue weighted by molar-refractivity contribution is 5.71. The van der Waals surface area contributed by atoms with Gasteiger partial charge in [0.2, 0.25) is 0 Å². The van der Waals surface area contributed by atoms with Crippen molar-refractivity contribution in [3.8, 4) is 0 Å². The Bertz CT molecular complexity index is 1070. The summed E-state index contributed by atoms with van der Waals surface area (Å²) in [5.41, 5.74) is 0. The molecule has 2 atom stereocenters. The summed E-state index contributed by atoms with van der Waals surface area (Å²) >= 11 is 0. The molecule has 0 aromatic carbocycles. The number of rotatable bonds is 56. The highest BCUT2D eigenvalue weighted by Gasteiger charge is 2.19. The smallest absolute Gasteiger partial charge is 0.306 e. The Labute approximate surface area is 431 Å². The fourth-order valence-corrected chi connectivity index (χ4v) is 9.67. The molecule has 69 heavy (non-hydrogen) atoms. The molecule has 0 saturated heterocycles. The average Bonchev–Trinajstić information content (AvgIpc) is 3.32. The Morgan fingerprint density at radius 2 is 0.507 bits per heavy atom. The van der Waals surface area contributed by atoms with Gasteiger partial charge in [-0.25, -0.2) is 0 Å². The van der Waals surface area contributed by atoms with Gasteiger partial charge in [-0.3, -0.25) is 14.4 Å². The molecule has 6 nitrogen and oxygen atoms in total. The van der Waals surface area contributed by atoms with Crippen LogP contribution in [0.25, 0.3) is 0 Å². The molecular formula is C63H122O6. The zero-order chi connectivity index (χ0) is 50.5. The van der Waals surface area contributed by atoms with Gasteiger partial charge in [0, 0.05) is 19.3 Å². The molecule has 0 aromatic rings. The lowest BCUT2D eigenvalue weighted by Crippen LogP contribution is -2.30. The summed E-state index contributed by atoms with van der Waals surface area (Å²) in [7, 11) is 0. The van der Waals surface area contributed by atoms with Gasteiger partial charge in [0.15, 0.2) is 6.10 Å².